The molecule has 0 saturated heterocycles. The molecule has 5 nitrogen and oxygen atoms in total. The van der Waals surface area contributed by atoms with Gasteiger partial charge in [-0.1, -0.05) is 19.6 Å². The minimum Gasteiger partial charge on any atom is -0.545 e. The zero-order valence-corrected chi connectivity index (χ0v) is 14.2. The van der Waals surface area contributed by atoms with Gasteiger partial charge in [0.15, 0.2) is 0 Å². The number of carboxylic acid groups (broad SMARTS) is 1. The first kappa shape index (κ1) is 23.0. The fourth-order valence-corrected chi connectivity index (χ4v) is 1.60. The van der Waals surface area contributed by atoms with E-state index in [-0.39, 0.29) is 77.0 Å². The Bertz CT molecular complexity index is 449. The molecule has 84 valence electrons. The number of carboxylic acids is 1. The van der Waals surface area contributed by atoms with Crippen molar-refractivity contribution in [3.8, 4) is 0 Å². The van der Waals surface area contributed by atoms with Crippen LogP contribution in [-0.2, 0) is 10.0 Å². The van der Waals surface area contributed by atoms with E-state index in [0.717, 1.165) is 24.3 Å². The van der Waals surface area contributed by atoms with Gasteiger partial charge in [-0.2, -0.15) is 0 Å². The van der Waals surface area contributed by atoms with Gasteiger partial charge in [0.2, 0.25) is 0 Å². The van der Waals surface area contributed by atoms with Crippen LogP contribution >= 0.6 is 11.8 Å². The number of carbonyl (C=O) groups is 1. The quantitative estimate of drug-likeness (QED) is 0.522. The Morgan fingerprint density at radius 1 is 1.18 bits per heavy atom. The van der Waals surface area contributed by atoms with Gasteiger partial charge in [0.1, 0.15) is 10.0 Å². The summed E-state index contributed by atoms with van der Waals surface area (Å²) in [7, 11) is -3.86. The molecule has 0 saturated carbocycles. The summed E-state index contributed by atoms with van der Waals surface area (Å²) < 4.78 is 24.7. The molecular weight excluding hydrogens is 288 g/mol. The summed E-state index contributed by atoms with van der Waals surface area (Å²) >= 11 is 4.84. The molecule has 1 rings (SSSR count). The number of aromatic carboxylic acids is 1. The van der Waals surface area contributed by atoms with Gasteiger partial charge in [0.25, 0.3) is 0 Å². The molecular formula is C8H8ClNNa2O4S. The van der Waals surface area contributed by atoms with Crippen molar-refractivity contribution in [1.29, 1.82) is 0 Å². The molecule has 0 unspecified atom stereocenters. The molecule has 1 aromatic carbocycles. The molecule has 0 heterocycles. The summed E-state index contributed by atoms with van der Waals surface area (Å²) in [6.45, 7) is 0. The van der Waals surface area contributed by atoms with E-state index < -0.39 is 16.0 Å². The zero-order valence-electron chi connectivity index (χ0n) is 8.68. The zero-order chi connectivity index (χ0) is 10.8. The summed E-state index contributed by atoms with van der Waals surface area (Å²) in [6, 6.07) is 4.38. The number of hydrogen-bond acceptors (Lipinski definition) is 4. The van der Waals surface area contributed by atoms with E-state index in [9.17, 15) is 18.3 Å². The summed E-state index contributed by atoms with van der Waals surface area (Å²) in [5.74, 6) is -1.38. The van der Waals surface area contributed by atoms with E-state index in [1.807, 2.05) is 0 Å². The van der Waals surface area contributed by atoms with E-state index in [2.05, 4.69) is 4.24 Å². The van der Waals surface area contributed by atoms with E-state index >= 15 is 0 Å². The third-order valence-corrected chi connectivity index (χ3v) is 3.07. The van der Waals surface area contributed by atoms with Gasteiger partial charge < -0.3 is 14.1 Å². The number of sulfonamides is 1. The average Bonchev–Trinajstić information content (AvgIpc) is 2.18. The van der Waals surface area contributed by atoms with Crippen LogP contribution in [0.5, 0.6) is 0 Å². The second-order valence-electron chi connectivity index (χ2n) is 2.36. The van der Waals surface area contributed by atoms with E-state index in [1.165, 1.54) is 0 Å². The largest absolute Gasteiger partial charge is 1.00 e. The smallest absolute Gasteiger partial charge is 0.545 e. The number of nitrogens with zero attached hydrogens (tertiary/aromatic N) is 1. The summed E-state index contributed by atoms with van der Waals surface area (Å²) in [5.41, 5.74) is -0.112. The Kier molecular flexibility index (Phi) is 13.2. The average molecular weight is 296 g/mol. The van der Waals surface area contributed by atoms with Gasteiger partial charge in [0.05, 0.1) is 5.97 Å². The van der Waals surface area contributed by atoms with Crippen molar-refractivity contribution in [2.45, 2.75) is 12.3 Å². The maximum atomic E-state index is 11.0. The SMILES string of the molecule is C.O=C([O-])c1ccc(S(=O)(=O)[N-]Cl)cc1.[Na+].[Na+]. The van der Waals surface area contributed by atoms with Crippen LogP contribution in [0.25, 0.3) is 4.24 Å². The van der Waals surface area contributed by atoms with Crippen LogP contribution in [0.15, 0.2) is 29.2 Å². The van der Waals surface area contributed by atoms with Gasteiger partial charge in [-0.3, -0.25) is 11.8 Å². The van der Waals surface area contributed by atoms with Crippen molar-refractivity contribution in [3.63, 3.8) is 0 Å². The molecule has 0 atom stereocenters. The fraction of sp³-hybridized carbons (Fsp3) is 0.125. The third kappa shape index (κ3) is 6.56. The maximum Gasteiger partial charge on any atom is 1.00 e. The summed E-state index contributed by atoms with van der Waals surface area (Å²) in [4.78, 5) is 10.2. The Balaban J connectivity index is -0.000000653. The van der Waals surface area contributed by atoms with E-state index in [1.54, 1.807) is 0 Å². The number of benzene rings is 1. The van der Waals surface area contributed by atoms with Gasteiger partial charge in [-0.15, -0.1) is 0 Å². The van der Waals surface area contributed by atoms with Crippen LogP contribution in [0.4, 0.5) is 0 Å². The van der Waals surface area contributed by atoms with Crippen LogP contribution in [0, 0.1) is 0 Å². The van der Waals surface area contributed by atoms with Gasteiger partial charge in [-0.25, -0.2) is 8.42 Å². The van der Waals surface area contributed by atoms with Gasteiger partial charge in [-0.05, 0) is 17.7 Å². The Labute approximate surface area is 150 Å². The summed E-state index contributed by atoms with van der Waals surface area (Å²) in [6.07, 6.45) is 0. The first-order valence-electron chi connectivity index (χ1n) is 3.37. The first-order chi connectivity index (χ1) is 6.47. The van der Waals surface area contributed by atoms with Crippen molar-refractivity contribution >= 4 is 27.8 Å². The molecule has 9 heteroatoms. The van der Waals surface area contributed by atoms with Crippen LogP contribution in [0.1, 0.15) is 17.8 Å². The molecule has 0 aromatic heterocycles. The van der Waals surface area contributed by atoms with Crippen LogP contribution in [0.3, 0.4) is 0 Å². The number of rotatable bonds is 3. The minimum absolute atomic E-state index is 0. The second kappa shape index (κ2) is 9.77. The number of halogens is 1. The van der Waals surface area contributed by atoms with E-state index in [4.69, 9.17) is 11.8 Å². The molecule has 0 N–H and O–H groups in total. The Morgan fingerprint density at radius 3 is 1.88 bits per heavy atom. The third-order valence-electron chi connectivity index (χ3n) is 1.48. The minimum atomic E-state index is -3.86. The molecule has 0 fully saturated rings. The van der Waals surface area contributed by atoms with E-state index in [0.29, 0.717) is 0 Å². The topological polar surface area (TPSA) is 88.4 Å². The summed E-state index contributed by atoms with van der Waals surface area (Å²) in [5, 5.41) is 10.3. The van der Waals surface area contributed by atoms with Gasteiger partial charge >= 0.3 is 59.1 Å². The molecule has 0 aliphatic carbocycles. The predicted octanol–water partition coefficient (Wildman–Crippen LogP) is -5.09. The van der Waals surface area contributed by atoms with Crippen LogP contribution in [0.2, 0.25) is 0 Å². The van der Waals surface area contributed by atoms with Crippen molar-refractivity contribution < 1.29 is 77.4 Å². The van der Waals surface area contributed by atoms with Crippen LogP contribution < -0.4 is 64.2 Å². The molecule has 1 aromatic rings. The van der Waals surface area contributed by atoms with Gasteiger partial charge in [0, 0.05) is 4.90 Å². The molecule has 0 spiro atoms. The van der Waals surface area contributed by atoms with Crippen molar-refractivity contribution in [2.75, 3.05) is 0 Å². The van der Waals surface area contributed by atoms with Crippen LogP contribution in [-0.4, -0.2) is 14.4 Å². The molecule has 0 bridgehead atoms. The fourth-order valence-electron chi connectivity index (χ4n) is 0.803. The molecule has 0 radical (unpaired) electrons. The second-order valence-corrected chi connectivity index (χ2v) is 4.33. The molecule has 0 aliphatic rings. The predicted molar refractivity (Wildman–Crippen MR) is 53.9 cm³/mol. The standard InChI is InChI=1S/C7H5ClNO4S.CH4.2Na/c8-9-14(12,13)6-3-1-5(2-4-6)7(10)11;;;/h1-4H,(H,10,11);1H4;;/q-1;;2*+1/p-1. The van der Waals surface area contributed by atoms with Crippen molar-refractivity contribution in [2.24, 2.45) is 0 Å². The monoisotopic (exact) mass is 295 g/mol. The first-order valence-corrected chi connectivity index (χ1v) is 5.15. The molecule has 17 heavy (non-hydrogen) atoms. The maximum absolute atomic E-state index is 11.0. The normalized spacial score (nSPS) is 9.24. The Morgan fingerprint density at radius 2 is 1.59 bits per heavy atom. The molecule has 0 aliphatic heterocycles. The Hall–Kier alpha value is 0.890. The molecule has 0 amide bonds. The number of carbonyl (C=O) groups excluding carboxylic acids is 1. The number of hydrogen-bond donors (Lipinski definition) is 0. The van der Waals surface area contributed by atoms with Crippen molar-refractivity contribution in [1.82, 2.24) is 0 Å². The van der Waals surface area contributed by atoms with Crippen molar-refractivity contribution in [3.05, 3.63) is 34.1 Å².